The van der Waals surface area contributed by atoms with E-state index in [0.29, 0.717) is 22.3 Å². The van der Waals surface area contributed by atoms with Crippen LogP contribution in [-0.2, 0) is 21.6 Å². The van der Waals surface area contributed by atoms with Gasteiger partial charge >= 0.3 is 6.16 Å². The minimum atomic E-state index is -1.82. The van der Waals surface area contributed by atoms with Crippen LogP contribution >= 0.6 is 11.3 Å². The van der Waals surface area contributed by atoms with Gasteiger partial charge in [0, 0.05) is 22.6 Å². The molecule has 2 atom stereocenters. The van der Waals surface area contributed by atoms with E-state index in [1.165, 1.54) is 34.7 Å². The summed E-state index contributed by atoms with van der Waals surface area (Å²) in [6.45, 7) is 0.495. The van der Waals surface area contributed by atoms with Gasteiger partial charge in [-0.15, -0.1) is 11.3 Å². The van der Waals surface area contributed by atoms with Crippen molar-refractivity contribution in [2.45, 2.75) is 25.0 Å². The van der Waals surface area contributed by atoms with Crippen LogP contribution < -0.4 is 0 Å². The molecule has 0 aliphatic heterocycles. The van der Waals surface area contributed by atoms with Crippen molar-refractivity contribution in [2.24, 2.45) is 0 Å². The Kier molecular flexibility index (Phi) is 7.33. The van der Waals surface area contributed by atoms with Crippen molar-refractivity contribution < 1.29 is 28.2 Å². The molecule has 2 unspecified atom stereocenters. The van der Waals surface area contributed by atoms with E-state index >= 15 is 4.39 Å². The fraction of sp³-hybridized carbons (Fsp3) is 0.208. The van der Waals surface area contributed by atoms with E-state index in [-0.39, 0.29) is 12.1 Å². The summed E-state index contributed by atoms with van der Waals surface area (Å²) < 4.78 is 40.6. The largest absolute Gasteiger partial charge is 0.511 e. The second kappa shape index (κ2) is 10.6. The first-order valence-corrected chi connectivity index (χ1v) is 11.4. The number of thiazole rings is 1. The number of aromatic nitrogens is 4. The van der Waals surface area contributed by atoms with Crippen LogP contribution in [0, 0.1) is 23.0 Å². The molecule has 0 fully saturated rings. The molecule has 4 rings (SSSR count). The van der Waals surface area contributed by atoms with Crippen LogP contribution in [-0.4, -0.2) is 37.8 Å². The summed E-state index contributed by atoms with van der Waals surface area (Å²) in [4.78, 5) is 21.0. The summed E-state index contributed by atoms with van der Waals surface area (Å²) in [7, 11) is 0. The van der Waals surface area contributed by atoms with Crippen LogP contribution in [0.25, 0.3) is 11.3 Å². The number of nitriles is 1. The first-order valence-electron chi connectivity index (χ1n) is 10.6. The molecule has 0 bridgehead atoms. The number of rotatable bonds is 8. The molecule has 12 heteroatoms. The highest BCUT2D eigenvalue weighted by molar-refractivity contribution is 7.10. The van der Waals surface area contributed by atoms with Gasteiger partial charge in [0.25, 0.3) is 0 Å². The standard InChI is InChI=1S/C24H19F2N5O4S/c1-15(22-30-21(10-36-22)17-4-2-16(9-27)3-5-17)24(35-23(33)34-14-32,11-31-13-28-12-29-31)19-7-6-18(25)8-20(19)26/h2-8,10,12-13,15,32H,11,14H2,1H3. The second-order valence-corrected chi connectivity index (χ2v) is 8.60. The van der Waals surface area contributed by atoms with E-state index in [1.807, 2.05) is 0 Å². The predicted molar refractivity (Wildman–Crippen MR) is 123 cm³/mol. The summed E-state index contributed by atoms with van der Waals surface area (Å²) in [5, 5.41) is 24.4. The predicted octanol–water partition coefficient (Wildman–Crippen LogP) is 4.35. The van der Waals surface area contributed by atoms with Gasteiger partial charge in [-0.3, -0.25) is 0 Å². The van der Waals surface area contributed by atoms with E-state index in [1.54, 1.807) is 36.6 Å². The number of nitrogens with zero attached hydrogens (tertiary/aromatic N) is 5. The van der Waals surface area contributed by atoms with Gasteiger partial charge < -0.3 is 14.6 Å². The van der Waals surface area contributed by atoms with Crippen molar-refractivity contribution in [1.82, 2.24) is 19.7 Å². The van der Waals surface area contributed by atoms with Gasteiger partial charge in [-0.05, 0) is 24.3 Å². The minimum absolute atomic E-state index is 0.142. The zero-order chi connectivity index (χ0) is 25.7. The molecule has 36 heavy (non-hydrogen) atoms. The van der Waals surface area contributed by atoms with Crippen LogP contribution in [0.1, 0.15) is 29.0 Å². The fourth-order valence-corrected chi connectivity index (χ4v) is 4.75. The number of hydrogen-bond acceptors (Lipinski definition) is 9. The van der Waals surface area contributed by atoms with E-state index in [9.17, 15) is 9.18 Å². The monoisotopic (exact) mass is 511 g/mol. The molecule has 9 nitrogen and oxygen atoms in total. The molecule has 0 saturated carbocycles. The van der Waals surface area contributed by atoms with Crippen LogP contribution in [0.3, 0.4) is 0 Å². The molecule has 0 radical (unpaired) electrons. The Balaban J connectivity index is 1.83. The molecule has 0 aliphatic carbocycles. The average molecular weight is 512 g/mol. The summed E-state index contributed by atoms with van der Waals surface area (Å²) in [6, 6.07) is 11.8. The Bertz CT molecular complexity index is 1390. The van der Waals surface area contributed by atoms with Crippen molar-refractivity contribution >= 4 is 17.5 Å². The maximum atomic E-state index is 15.2. The molecule has 0 saturated heterocycles. The molecule has 0 spiro atoms. The molecule has 4 aromatic rings. The van der Waals surface area contributed by atoms with E-state index in [4.69, 9.17) is 15.1 Å². The normalized spacial score (nSPS) is 13.4. The molecular weight excluding hydrogens is 492 g/mol. The van der Waals surface area contributed by atoms with Gasteiger partial charge in [-0.1, -0.05) is 19.1 Å². The Hall–Kier alpha value is -4.21. The molecule has 2 heterocycles. The lowest BCUT2D eigenvalue weighted by molar-refractivity contribution is -0.0849. The Labute approximate surface area is 208 Å². The third-order valence-corrected chi connectivity index (χ3v) is 6.63. The number of carbonyl (C=O) groups is 1. The maximum absolute atomic E-state index is 15.2. The van der Waals surface area contributed by atoms with Crippen molar-refractivity contribution in [3.8, 4) is 17.3 Å². The molecular formula is C24H19F2N5O4S. The molecule has 2 aromatic carbocycles. The number of ether oxygens (including phenoxy) is 2. The van der Waals surface area contributed by atoms with Gasteiger partial charge in [0.1, 0.15) is 29.3 Å². The van der Waals surface area contributed by atoms with Gasteiger partial charge in [0.05, 0.1) is 29.8 Å². The van der Waals surface area contributed by atoms with Crippen molar-refractivity contribution in [2.75, 3.05) is 6.79 Å². The van der Waals surface area contributed by atoms with Crippen LogP contribution in [0.5, 0.6) is 0 Å². The lowest BCUT2D eigenvalue weighted by atomic mass is 9.81. The first kappa shape index (κ1) is 24.9. The number of carbonyl (C=O) groups excluding carboxylic acids is 1. The molecule has 2 aromatic heterocycles. The molecule has 1 N–H and O–H groups in total. The molecule has 0 amide bonds. The van der Waals surface area contributed by atoms with Gasteiger partial charge in [0.2, 0.25) is 0 Å². The summed E-state index contributed by atoms with van der Waals surface area (Å²) in [6.07, 6.45) is 1.35. The minimum Gasteiger partial charge on any atom is -0.420 e. The van der Waals surface area contributed by atoms with E-state index < -0.39 is 36.1 Å². The number of aliphatic hydroxyl groups excluding tert-OH is 1. The summed E-state index contributed by atoms with van der Waals surface area (Å²) in [5.74, 6) is -2.57. The SMILES string of the molecule is CC(c1nc(-c2ccc(C#N)cc2)cs1)C(Cn1cncn1)(OC(=O)OCO)c1ccc(F)cc1F. The smallest absolute Gasteiger partial charge is 0.420 e. The maximum Gasteiger partial charge on any atom is 0.511 e. The van der Waals surface area contributed by atoms with E-state index in [0.717, 1.165) is 11.6 Å². The highest BCUT2D eigenvalue weighted by Gasteiger charge is 2.47. The zero-order valence-electron chi connectivity index (χ0n) is 18.8. The van der Waals surface area contributed by atoms with Crippen LogP contribution in [0.4, 0.5) is 13.6 Å². The van der Waals surface area contributed by atoms with Crippen LogP contribution in [0.2, 0.25) is 0 Å². The Morgan fingerprint density at radius 3 is 2.69 bits per heavy atom. The highest BCUT2D eigenvalue weighted by Crippen LogP contribution is 2.44. The van der Waals surface area contributed by atoms with Crippen molar-refractivity contribution in [3.05, 3.63) is 88.3 Å². The quantitative estimate of drug-likeness (QED) is 0.274. The first-order chi connectivity index (χ1) is 17.4. The van der Waals surface area contributed by atoms with Crippen LogP contribution in [0.15, 0.2) is 60.5 Å². The highest BCUT2D eigenvalue weighted by atomic mass is 32.1. The number of hydrogen-bond donors (Lipinski definition) is 1. The lowest BCUT2D eigenvalue weighted by Gasteiger charge is -2.37. The number of benzene rings is 2. The van der Waals surface area contributed by atoms with Crippen molar-refractivity contribution in [1.29, 1.82) is 5.26 Å². The van der Waals surface area contributed by atoms with Gasteiger partial charge in [-0.2, -0.15) is 10.4 Å². The molecule has 0 aliphatic rings. The Morgan fingerprint density at radius 1 is 1.28 bits per heavy atom. The lowest BCUT2D eigenvalue weighted by Crippen LogP contribution is -2.43. The third-order valence-electron chi connectivity index (χ3n) is 5.60. The zero-order valence-corrected chi connectivity index (χ0v) is 19.7. The van der Waals surface area contributed by atoms with Gasteiger partial charge in [-0.25, -0.2) is 28.2 Å². The summed E-state index contributed by atoms with van der Waals surface area (Å²) in [5.41, 5.74) is -0.121. The summed E-state index contributed by atoms with van der Waals surface area (Å²) >= 11 is 1.25. The third kappa shape index (κ3) is 5.07. The molecule has 184 valence electrons. The number of halogens is 2. The number of aliphatic hydroxyl groups is 1. The fourth-order valence-electron chi connectivity index (χ4n) is 3.78. The Morgan fingerprint density at radius 2 is 2.06 bits per heavy atom. The van der Waals surface area contributed by atoms with E-state index in [2.05, 4.69) is 25.9 Å². The second-order valence-electron chi connectivity index (χ2n) is 7.71. The topological polar surface area (TPSA) is 123 Å². The van der Waals surface area contributed by atoms with Gasteiger partial charge in [0.15, 0.2) is 12.4 Å². The van der Waals surface area contributed by atoms with Crippen molar-refractivity contribution in [3.63, 3.8) is 0 Å². The average Bonchev–Trinajstić information content (AvgIpc) is 3.56.